The van der Waals surface area contributed by atoms with Crippen molar-refractivity contribution in [2.45, 2.75) is 13.8 Å². The highest BCUT2D eigenvalue weighted by molar-refractivity contribution is 6.31. The Hall–Kier alpha value is -2.40. The number of amides is 2. The van der Waals surface area contributed by atoms with E-state index in [1.165, 1.54) is 7.11 Å². The van der Waals surface area contributed by atoms with Gasteiger partial charge >= 0.3 is 6.03 Å². The third-order valence-corrected chi connectivity index (χ3v) is 3.57. The number of carbonyl (C=O) groups is 1. The molecule has 0 radical (unpaired) electrons. The smallest absolute Gasteiger partial charge is 0.323 e. The highest BCUT2D eigenvalue weighted by atomic mass is 35.5. The summed E-state index contributed by atoms with van der Waals surface area (Å²) in [7, 11) is 1.52. The minimum absolute atomic E-state index is 0.392. The summed E-state index contributed by atoms with van der Waals surface area (Å²) in [5, 5.41) is 6.10. The number of ether oxygens (including phenoxy) is 2. The van der Waals surface area contributed by atoms with Gasteiger partial charge in [-0.05, 0) is 37.6 Å². The van der Waals surface area contributed by atoms with Crippen molar-refractivity contribution in [3.05, 3.63) is 47.0 Å². The molecular formula is C17H19ClN2O3. The number of rotatable bonds is 5. The van der Waals surface area contributed by atoms with Crippen LogP contribution in [-0.2, 0) is 0 Å². The van der Waals surface area contributed by atoms with E-state index >= 15 is 0 Å². The van der Waals surface area contributed by atoms with Gasteiger partial charge in [-0.1, -0.05) is 23.7 Å². The van der Waals surface area contributed by atoms with Crippen molar-refractivity contribution in [3.63, 3.8) is 0 Å². The second-order valence-corrected chi connectivity index (χ2v) is 5.22. The van der Waals surface area contributed by atoms with E-state index < -0.39 is 6.03 Å². The summed E-state index contributed by atoms with van der Waals surface area (Å²) in [5.74, 6) is 1.11. The van der Waals surface area contributed by atoms with Gasteiger partial charge in [-0.15, -0.1) is 0 Å². The lowest BCUT2D eigenvalue weighted by atomic mass is 10.2. The van der Waals surface area contributed by atoms with Gasteiger partial charge in [0.2, 0.25) is 0 Å². The molecular weight excluding hydrogens is 316 g/mol. The summed E-state index contributed by atoms with van der Waals surface area (Å²) in [4.78, 5) is 12.2. The van der Waals surface area contributed by atoms with Crippen LogP contribution >= 0.6 is 11.6 Å². The summed E-state index contributed by atoms with van der Waals surface area (Å²) in [6.07, 6.45) is 0. The molecule has 122 valence electrons. The monoisotopic (exact) mass is 334 g/mol. The number of hydrogen-bond donors (Lipinski definition) is 2. The van der Waals surface area contributed by atoms with Crippen molar-refractivity contribution in [2.24, 2.45) is 0 Å². The molecule has 0 bridgehead atoms. The predicted octanol–water partition coefficient (Wildman–Crippen LogP) is 4.70. The van der Waals surface area contributed by atoms with Crippen LogP contribution in [-0.4, -0.2) is 19.7 Å². The molecule has 23 heavy (non-hydrogen) atoms. The maximum atomic E-state index is 12.2. The van der Waals surface area contributed by atoms with Crippen LogP contribution in [0.2, 0.25) is 5.02 Å². The summed E-state index contributed by atoms with van der Waals surface area (Å²) < 4.78 is 10.7. The summed E-state index contributed by atoms with van der Waals surface area (Å²) in [6, 6.07) is 10.3. The molecule has 0 aliphatic carbocycles. The lowest BCUT2D eigenvalue weighted by Crippen LogP contribution is -2.20. The van der Waals surface area contributed by atoms with E-state index in [-0.39, 0.29) is 0 Å². The fourth-order valence-corrected chi connectivity index (χ4v) is 2.21. The first-order chi connectivity index (χ1) is 11.0. The van der Waals surface area contributed by atoms with Gasteiger partial charge in [-0.2, -0.15) is 0 Å². The average Bonchev–Trinajstić information content (AvgIpc) is 2.52. The third kappa shape index (κ3) is 4.29. The van der Waals surface area contributed by atoms with E-state index in [0.29, 0.717) is 34.5 Å². The van der Waals surface area contributed by atoms with E-state index in [1.807, 2.05) is 26.0 Å². The lowest BCUT2D eigenvalue weighted by Gasteiger charge is -2.14. The normalized spacial score (nSPS) is 10.1. The topological polar surface area (TPSA) is 59.6 Å². The SMILES string of the molecule is CCOc1ccccc1NC(=O)Nc1cc(C)c(Cl)cc1OC. The second-order valence-electron chi connectivity index (χ2n) is 4.81. The van der Waals surface area contributed by atoms with Gasteiger partial charge in [-0.25, -0.2) is 4.79 Å². The van der Waals surface area contributed by atoms with Gasteiger partial charge in [0.15, 0.2) is 0 Å². The maximum absolute atomic E-state index is 12.2. The molecule has 2 rings (SSSR count). The molecule has 2 amide bonds. The number of hydrogen-bond acceptors (Lipinski definition) is 3. The summed E-state index contributed by atoms with van der Waals surface area (Å²) >= 11 is 6.06. The van der Waals surface area contributed by atoms with E-state index in [2.05, 4.69) is 10.6 Å². The number of anilines is 2. The predicted molar refractivity (Wildman–Crippen MR) is 93.0 cm³/mol. The molecule has 2 N–H and O–H groups in total. The Morgan fingerprint density at radius 1 is 1.13 bits per heavy atom. The molecule has 0 saturated heterocycles. The largest absolute Gasteiger partial charge is 0.495 e. The Labute approximate surface area is 140 Å². The summed E-state index contributed by atoms with van der Waals surface area (Å²) in [5.41, 5.74) is 1.98. The van der Waals surface area contributed by atoms with Crippen LogP contribution in [0.1, 0.15) is 12.5 Å². The summed E-state index contributed by atoms with van der Waals surface area (Å²) in [6.45, 7) is 4.26. The van der Waals surface area contributed by atoms with Crippen molar-refractivity contribution in [1.29, 1.82) is 0 Å². The lowest BCUT2D eigenvalue weighted by molar-refractivity contribution is 0.261. The van der Waals surface area contributed by atoms with E-state index in [9.17, 15) is 4.79 Å². The Bertz CT molecular complexity index is 704. The van der Waals surface area contributed by atoms with Crippen LogP contribution in [0.4, 0.5) is 16.2 Å². The first-order valence-corrected chi connectivity index (χ1v) is 7.57. The average molecular weight is 335 g/mol. The molecule has 0 heterocycles. The Balaban J connectivity index is 2.16. The molecule has 2 aromatic carbocycles. The van der Waals surface area contributed by atoms with Crippen LogP contribution < -0.4 is 20.1 Å². The fraction of sp³-hybridized carbons (Fsp3) is 0.235. The zero-order valence-corrected chi connectivity index (χ0v) is 14.0. The van der Waals surface area contributed by atoms with Gasteiger partial charge in [-0.3, -0.25) is 0 Å². The maximum Gasteiger partial charge on any atom is 0.323 e. The zero-order valence-electron chi connectivity index (χ0n) is 13.3. The highest BCUT2D eigenvalue weighted by Crippen LogP contribution is 2.31. The number of aryl methyl sites for hydroxylation is 1. The molecule has 0 atom stereocenters. The number of para-hydroxylation sites is 2. The molecule has 2 aromatic rings. The quantitative estimate of drug-likeness (QED) is 0.833. The first kappa shape index (κ1) is 17.0. The van der Waals surface area contributed by atoms with Gasteiger partial charge in [0, 0.05) is 11.1 Å². The Morgan fingerprint density at radius 3 is 2.52 bits per heavy atom. The number of halogens is 1. The van der Waals surface area contributed by atoms with Crippen LogP contribution in [0.5, 0.6) is 11.5 Å². The van der Waals surface area contributed by atoms with Gasteiger partial charge in [0.05, 0.1) is 25.1 Å². The van der Waals surface area contributed by atoms with Crippen molar-refractivity contribution < 1.29 is 14.3 Å². The molecule has 0 aromatic heterocycles. The minimum atomic E-state index is -0.392. The van der Waals surface area contributed by atoms with Crippen molar-refractivity contribution in [1.82, 2.24) is 0 Å². The van der Waals surface area contributed by atoms with Crippen LogP contribution in [0.3, 0.4) is 0 Å². The first-order valence-electron chi connectivity index (χ1n) is 7.19. The van der Waals surface area contributed by atoms with Crippen LogP contribution in [0.25, 0.3) is 0 Å². The number of carbonyl (C=O) groups excluding carboxylic acids is 1. The molecule has 6 heteroatoms. The van der Waals surface area contributed by atoms with Crippen LogP contribution in [0.15, 0.2) is 36.4 Å². The van der Waals surface area contributed by atoms with E-state index in [0.717, 1.165) is 5.56 Å². The minimum Gasteiger partial charge on any atom is -0.495 e. The van der Waals surface area contributed by atoms with Gasteiger partial charge in [0.1, 0.15) is 11.5 Å². The van der Waals surface area contributed by atoms with Crippen LogP contribution in [0, 0.1) is 6.92 Å². The van der Waals surface area contributed by atoms with Crippen molar-refractivity contribution in [2.75, 3.05) is 24.4 Å². The number of urea groups is 1. The second kappa shape index (κ2) is 7.74. The Morgan fingerprint density at radius 2 is 1.83 bits per heavy atom. The number of benzene rings is 2. The number of methoxy groups -OCH3 is 1. The molecule has 0 saturated carbocycles. The van der Waals surface area contributed by atoms with Gasteiger partial charge in [0.25, 0.3) is 0 Å². The zero-order chi connectivity index (χ0) is 16.8. The third-order valence-electron chi connectivity index (χ3n) is 3.16. The highest BCUT2D eigenvalue weighted by Gasteiger charge is 2.12. The fourth-order valence-electron chi connectivity index (χ4n) is 2.06. The number of nitrogens with one attached hydrogen (secondary N) is 2. The molecule has 0 fully saturated rings. The standard InChI is InChI=1S/C17H19ClN2O3/c1-4-23-15-8-6-5-7-13(15)19-17(21)20-14-9-11(2)12(18)10-16(14)22-3/h5-10H,4H2,1-3H3,(H2,19,20,21). The Kier molecular flexibility index (Phi) is 5.71. The van der Waals surface area contributed by atoms with Crippen molar-refractivity contribution >= 4 is 29.0 Å². The van der Waals surface area contributed by atoms with E-state index in [1.54, 1.807) is 24.3 Å². The molecule has 0 spiro atoms. The van der Waals surface area contributed by atoms with Gasteiger partial charge < -0.3 is 20.1 Å². The van der Waals surface area contributed by atoms with E-state index in [4.69, 9.17) is 21.1 Å². The molecule has 0 unspecified atom stereocenters. The molecule has 5 nitrogen and oxygen atoms in total. The van der Waals surface area contributed by atoms with Crippen molar-refractivity contribution in [3.8, 4) is 11.5 Å². The molecule has 0 aliphatic heterocycles. The molecule has 0 aliphatic rings.